The van der Waals surface area contributed by atoms with E-state index >= 15 is 0 Å². The van der Waals surface area contributed by atoms with E-state index in [1.54, 1.807) is 14.0 Å². The van der Waals surface area contributed by atoms with Crippen LogP contribution in [0.3, 0.4) is 0 Å². The zero-order valence-electron chi connectivity index (χ0n) is 15.5. The molecule has 0 aromatic heterocycles. The minimum absolute atomic E-state index is 0.179. The topological polar surface area (TPSA) is 60.0 Å². The summed E-state index contributed by atoms with van der Waals surface area (Å²) in [5.41, 5.74) is 1.37. The minimum Gasteiger partial charge on any atom is -0.356 e. The number of guanidine groups is 1. The Morgan fingerprint density at radius 1 is 1.08 bits per heavy atom. The van der Waals surface area contributed by atoms with E-state index in [9.17, 15) is 4.79 Å². The molecule has 1 aromatic rings. The van der Waals surface area contributed by atoms with Crippen molar-refractivity contribution < 1.29 is 4.79 Å². The second-order valence-electron chi connectivity index (χ2n) is 6.36. The smallest absolute Gasteiger partial charge is 0.219 e. The monoisotopic (exact) mass is 345 g/mol. The summed E-state index contributed by atoms with van der Waals surface area (Å²) in [6.07, 6.45) is 2.16. The van der Waals surface area contributed by atoms with Crippen LogP contribution in [0.15, 0.2) is 35.3 Å². The molecular weight excluding hydrogens is 314 g/mol. The molecule has 0 unspecified atom stereocenters. The molecule has 0 aliphatic carbocycles. The highest BCUT2D eigenvalue weighted by Crippen LogP contribution is 2.02. The fourth-order valence-electron chi connectivity index (χ4n) is 2.98. The van der Waals surface area contributed by atoms with Crippen molar-refractivity contribution in [3.8, 4) is 0 Å². The van der Waals surface area contributed by atoms with E-state index in [0.717, 1.165) is 64.6 Å². The van der Waals surface area contributed by atoms with E-state index in [4.69, 9.17) is 0 Å². The first-order chi connectivity index (χ1) is 12.2. The number of amides is 1. The molecule has 6 nitrogen and oxygen atoms in total. The molecule has 0 bridgehead atoms. The van der Waals surface area contributed by atoms with E-state index in [1.807, 2.05) is 11.0 Å². The van der Waals surface area contributed by atoms with Crippen molar-refractivity contribution in [2.45, 2.75) is 19.8 Å². The third kappa shape index (κ3) is 7.13. The largest absolute Gasteiger partial charge is 0.356 e. The van der Waals surface area contributed by atoms with E-state index in [1.165, 1.54) is 5.56 Å². The van der Waals surface area contributed by atoms with Crippen LogP contribution in [-0.2, 0) is 11.2 Å². The van der Waals surface area contributed by atoms with Gasteiger partial charge in [-0.25, -0.2) is 0 Å². The number of nitrogens with one attached hydrogen (secondary N) is 2. The minimum atomic E-state index is 0.179. The summed E-state index contributed by atoms with van der Waals surface area (Å²) in [7, 11) is 1.80. The third-order valence-electron chi connectivity index (χ3n) is 4.54. The Kier molecular flexibility index (Phi) is 8.25. The second kappa shape index (κ2) is 10.7. The molecule has 25 heavy (non-hydrogen) atoms. The van der Waals surface area contributed by atoms with Crippen molar-refractivity contribution in [3.05, 3.63) is 35.9 Å². The molecule has 1 heterocycles. The second-order valence-corrected chi connectivity index (χ2v) is 6.36. The SMILES string of the molecule is CN=C(NCCCc1ccccc1)NCCN1CCN(C(C)=O)CC1. The fourth-order valence-corrected chi connectivity index (χ4v) is 2.98. The molecule has 1 saturated heterocycles. The maximum absolute atomic E-state index is 11.3. The van der Waals surface area contributed by atoms with Gasteiger partial charge in [0.2, 0.25) is 5.91 Å². The van der Waals surface area contributed by atoms with Crippen molar-refractivity contribution in [1.82, 2.24) is 20.4 Å². The predicted molar refractivity (Wildman–Crippen MR) is 103 cm³/mol. The maximum atomic E-state index is 11.3. The molecule has 2 rings (SSSR count). The predicted octanol–water partition coefficient (Wildman–Crippen LogP) is 0.948. The van der Waals surface area contributed by atoms with Gasteiger partial charge in [-0.15, -0.1) is 0 Å². The summed E-state index contributed by atoms with van der Waals surface area (Å²) in [6, 6.07) is 10.5. The van der Waals surface area contributed by atoms with Gasteiger partial charge in [-0.1, -0.05) is 30.3 Å². The molecule has 0 radical (unpaired) electrons. The van der Waals surface area contributed by atoms with Crippen LogP contribution in [0.2, 0.25) is 0 Å². The quantitative estimate of drug-likeness (QED) is 0.439. The fraction of sp³-hybridized carbons (Fsp3) is 0.579. The van der Waals surface area contributed by atoms with Gasteiger partial charge in [-0.2, -0.15) is 0 Å². The van der Waals surface area contributed by atoms with Crippen molar-refractivity contribution in [2.24, 2.45) is 4.99 Å². The number of rotatable bonds is 7. The highest BCUT2D eigenvalue weighted by Gasteiger charge is 2.17. The number of aliphatic imine (C=N–C) groups is 1. The van der Waals surface area contributed by atoms with Crippen molar-refractivity contribution in [2.75, 3.05) is 52.9 Å². The van der Waals surface area contributed by atoms with E-state index < -0.39 is 0 Å². The zero-order valence-corrected chi connectivity index (χ0v) is 15.5. The lowest BCUT2D eigenvalue weighted by atomic mass is 10.1. The van der Waals surface area contributed by atoms with Gasteiger partial charge in [-0.3, -0.25) is 14.7 Å². The summed E-state index contributed by atoms with van der Waals surface area (Å²) in [5.74, 6) is 1.04. The first-order valence-electron chi connectivity index (χ1n) is 9.15. The molecule has 0 atom stereocenters. The standard InChI is InChI=1S/C19H31N5O/c1-17(25)24-15-13-23(14-16-24)12-11-22-19(20-2)21-10-6-9-18-7-4-3-5-8-18/h3-5,7-8H,6,9-16H2,1-2H3,(H2,20,21,22). The summed E-state index contributed by atoms with van der Waals surface area (Å²) in [6.45, 7) is 7.95. The molecule has 6 heteroatoms. The van der Waals surface area contributed by atoms with Crippen LogP contribution in [0.1, 0.15) is 18.9 Å². The molecule has 1 amide bonds. The average Bonchev–Trinajstić information content (AvgIpc) is 2.65. The summed E-state index contributed by atoms with van der Waals surface area (Å²) < 4.78 is 0. The summed E-state index contributed by atoms with van der Waals surface area (Å²) in [4.78, 5) is 19.9. The Labute approximate surface area is 151 Å². The lowest BCUT2D eigenvalue weighted by Crippen LogP contribution is -2.50. The molecule has 0 spiro atoms. The normalized spacial score (nSPS) is 15.9. The van der Waals surface area contributed by atoms with Gasteiger partial charge in [0.15, 0.2) is 5.96 Å². The van der Waals surface area contributed by atoms with Crippen molar-refractivity contribution >= 4 is 11.9 Å². The Bertz CT molecular complexity index is 538. The zero-order chi connectivity index (χ0) is 17.9. The lowest BCUT2D eigenvalue weighted by Gasteiger charge is -2.34. The van der Waals surface area contributed by atoms with Crippen LogP contribution in [0.25, 0.3) is 0 Å². The number of nitrogens with zero attached hydrogens (tertiary/aromatic N) is 3. The number of hydrogen-bond donors (Lipinski definition) is 2. The van der Waals surface area contributed by atoms with Crippen LogP contribution in [0.4, 0.5) is 0 Å². The van der Waals surface area contributed by atoms with Gasteiger partial charge < -0.3 is 15.5 Å². The van der Waals surface area contributed by atoms with Crippen LogP contribution in [0, 0.1) is 0 Å². The van der Waals surface area contributed by atoms with Gasteiger partial charge in [0, 0.05) is 59.8 Å². The molecule has 1 aliphatic rings. The molecule has 1 aliphatic heterocycles. The molecule has 2 N–H and O–H groups in total. The molecule has 1 fully saturated rings. The number of piperazine rings is 1. The van der Waals surface area contributed by atoms with Gasteiger partial charge in [0.25, 0.3) is 0 Å². The Hall–Kier alpha value is -2.08. The molecule has 138 valence electrons. The van der Waals surface area contributed by atoms with Gasteiger partial charge in [0.1, 0.15) is 0 Å². The Balaban J connectivity index is 1.55. The number of hydrogen-bond acceptors (Lipinski definition) is 3. The summed E-state index contributed by atoms with van der Waals surface area (Å²) in [5, 5.41) is 6.73. The van der Waals surface area contributed by atoms with Crippen LogP contribution >= 0.6 is 0 Å². The molecular formula is C19H31N5O. The molecule has 0 saturated carbocycles. The third-order valence-corrected chi connectivity index (χ3v) is 4.54. The maximum Gasteiger partial charge on any atom is 0.219 e. The van der Waals surface area contributed by atoms with E-state index in [0.29, 0.717) is 0 Å². The van der Waals surface area contributed by atoms with Gasteiger partial charge >= 0.3 is 0 Å². The lowest BCUT2D eigenvalue weighted by molar-refractivity contribution is -0.130. The van der Waals surface area contributed by atoms with E-state index in [2.05, 4.69) is 44.8 Å². The number of carbonyl (C=O) groups is 1. The van der Waals surface area contributed by atoms with Crippen LogP contribution in [-0.4, -0.2) is 74.5 Å². The van der Waals surface area contributed by atoms with Crippen LogP contribution < -0.4 is 10.6 Å². The highest BCUT2D eigenvalue weighted by atomic mass is 16.2. The van der Waals surface area contributed by atoms with Gasteiger partial charge in [0.05, 0.1) is 0 Å². The number of benzene rings is 1. The Morgan fingerprint density at radius 3 is 2.40 bits per heavy atom. The summed E-state index contributed by atoms with van der Waals surface area (Å²) >= 11 is 0. The molecule has 1 aromatic carbocycles. The van der Waals surface area contributed by atoms with Crippen molar-refractivity contribution in [1.29, 1.82) is 0 Å². The van der Waals surface area contributed by atoms with Gasteiger partial charge in [-0.05, 0) is 18.4 Å². The average molecular weight is 345 g/mol. The number of carbonyl (C=O) groups excluding carboxylic acids is 1. The van der Waals surface area contributed by atoms with E-state index in [-0.39, 0.29) is 5.91 Å². The van der Waals surface area contributed by atoms with Crippen LogP contribution in [0.5, 0.6) is 0 Å². The van der Waals surface area contributed by atoms with Crippen molar-refractivity contribution in [3.63, 3.8) is 0 Å². The first-order valence-corrected chi connectivity index (χ1v) is 9.15. The first kappa shape index (κ1) is 19.2. The number of aryl methyl sites for hydroxylation is 1. The Morgan fingerprint density at radius 2 is 1.76 bits per heavy atom. The highest BCUT2D eigenvalue weighted by molar-refractivity contribution is 5.79.